The van der Waals surface area contributed by atoms with Crippen molar-refractivity contribution < 1.29 is 14.3 Å². The number of allylic oxidation sites excluding steroid dienone is 1. The van der Waals surface area contributed by atoms with Crippen LogP contribution < -0.4 is 9.47 Å². The molecule has 0 atom stereocenters. The van der Waals surface area contributed by atoms with Crippen LogP contribution in [-0.2, 0) is 13.0 Å². The van der Waals surface area contributed by atoms with E-state index in [-0.39, 0.29) is 5.78 Å². The number of hydrogen-bond acceptors (Lipinski definition) is 4. The molecule has 0 aliphatic heterocycles. The Kier molecular flexibility index (Phi) is 5.24. The minimum Gasteiger partial charge on any atom is -0.496 e. The van der Waals surface area contributed by atoms with Gasteiger partial charge in [-0.3, -0.25) is 4.79 Å². The zero-order valence-electron chi connectivity index (χ0n) is 15.8. The van der Waals surface area contributed by atoms with Crippen LogP contribution in [-0.4, -0.2) is 29.1 Å². The first-order chi connectivity index (χ1) is 13.7. The van der Waals surface area contributed by atoms with E-state index in [9.17, 15) is 4.79 Å². The molecule has 0 bridgehead atoms. The molecule has 0 radical (unpaired) electrons. The number of ether oxygens (including phenoxy) is 2. The first-order valence-corrected chi connectivity index (χ1v) is 9.34. The van der Waals surface area contributed by atoms with E-state index in [0.717, 1.165) is 46.7 Å². The number of ketones is 1. The Morgan fingerprint density at radius 1 is 1.18 bits per heavy atom. The Bertz CT molecular complexity index is 1010. The van der Waals surface area contributed by atoms with Crippen molar-refractivity contribution in [1.82, 2.24) is 9.55 Å². The number of benzene rings is 2. The zero-order chi connectivity index (χ0) is 19.3. The summed E-state index contributed by atoms with van der Waals surface area (Å²) in [7, 11) is 1.64. The third kappa shape index (κ3) is 3.83. The highest BCUT2D eigenvalue weighted by Crippen LogP contribution is 2.31. The molecule has 0 saturated carbocycles. The Hall–Kier alpha value is -3.34. The summed E-state index contributed by atoms with van der Waals surface area (Å²) in [5.41, 5.74) is 3.54. The fourth-order valence-corrected chi connectivity index (χ4v) is 3.44. The number of carbonyl (C=O) groups excluding carboxylic acids is 1. The second-order valence-electron chi connectivity index (χ2n) is 6.71. The van der Waals surface area contributed by atoms with Crippen molar-refractivity contribution in [2.75, 3.05) is 13.7 Å². The zero-order valence-corrected chi connectivity index (χ0v) is 15.8. The smallest absolute Gasteiger partial charge is 0.189 e. The summed E-state index contributed by atoms with van der Waals surface area (Å²) in [6, 6.07) is 13.5. The Balaban J connectivity index is 1.48. The van der Waals surface area contributed by atoms with Gasteiger partial charge in [-0.15, -0.1) is 0 Å². The number of rotatable bonds is 6. The van der Waals surface area contributed by atoms with Crippen LogP contribution in [0.15, 0.2) is 66.8 Å². The molecule has 0 fully saturated rings. The quantitative estimate of drug-likeness (QED) is 0.607. The van der Waals surface area contributed by atoms with Gasteiger partial charge in [-0.2, -0.15) is 0 Å². The van der Waals surface area contributed by atoms with Gasteiger partial charge in [-0.05, 0) is 48.7 Å². The monoisotopic (exact) mass is 374 g/mol. The Morgan fingerprint density at radius 3 is 2.89 bits per heavy atom. The number of para-hydroxylation sites is 1. The number of hydrogen-bond donors (Lipinski definition) is 0. The van der Waals surface area contributed by atoms with E-state index in [2.05, 4.69) is 4.98 Å². The Labute approximate surface area is 164 Å². The number of methoxy groups -OCH3 is 1. The molecule has 2 aromatic carbocycles. The maximum Gasteiger partial charge on any atom is 0.189 e. The normalized spacial score (nSPS) is 14.8. The fourth-order valence-electron chi connectivity index (χ4n) is 3.44. The van der Waals surface area contributed by atoms with Crippen LogP contribution in [0.3, 0.4) is 0 Å². The summed E-state index contributed by atoms with van der Waals surface area (Å²) in [5.74, 6) is 1.65. The van der Waals surface area contributed by atoms with Gasteiger partial charge >= 0.3 is 0 Å². The van der Waals surface area contributed by atoms with Crippen LogP contribution in [0.1, 0.15) is 27.9 Å². The standard InChI is InChI=1S/C23H22N2O3/c1-27-22-5-3-2-4-18(22)14-19-7-6-17-15-20(8-9-21(17)23(19)26)28-13-12-25-11-10-24-16-25/h2-5,8-11,14-16H,6-7,12-13H2,1H3. The van der Waals surface area contributed by atoms with Crippen molar-refractivity contribution in [2.45, 2.75) is 19.4 Å². The van der Waals surface area contributed by atoms with Gasteiger partial charge < -0.3 is 14.0 Å². The fraction of sp³-hybridized carbons (Fsp3) is 0.217. The first kappa shape index (κ1) is 18.0. The molecule has 0 amide bonds. The number of nitrogens with zero attached hydrogens (tertiary/aromatic N) is 2. The molecule has 1 aromatic heterocycles. The molecule has 0 spiro atoms. The van der Waals surface area contributed by atoms with Crippen molar-refractivity contribution in [3.63, 3.8) is 0 Å². The van der Waals surface area contributed by atoms with Gasteiger partial charge in [0.2, 0.25) is 0 Å². The predicted octanol–water partition coefficient (Wildman–Crippen LogP) is 4.18. The summed E-state index contributed by atoms with van der Waals surface area (Å²) in [6.07, 6.45) is 8.90. The molecule has 0 saturated heterocycles. The lowest BCUT2D eigenvalue weighted by atomic mass is 9.86. The highest BCUT2D eigenvalue weighted by Gasteiger charge is 2.22. The van der Waals surface area contributed by atoms with E-state index in [0.29, 0.717) is 13.0 Å². The summed E-state index contributed by atoms with van der Waals surface area (Å²) >= 11 is 0. The highest BCUT2D eigenvalue weighted by atomic mass is 16.5. The SMILES string of the molecule is COc1ccccc1C=C1CCc2cc(OCCn3ccnc3)ccc2C1=O. The van der Waals surface area contributed by atoms with Crippen LogP contribution in [0.25, 0.3) is 6.08 Å². The van der Waals surface area contributed by atoms with E-state index in [1.54, 1.807) is 19.6 Å². The van der Waals surface area contributed by atoms with Crippen molar-refractivity contribution in [3.8, 4) is 11.5 Å². The average Bonchev–Trinajstić information content (AvgIpc) is 3.24. The molecule has 5 heteroatoms. The third-order valence-electron chi connectivity index (χ3n) is 4.92. The van der Waals surface area contributed by atoms with Gasteiger partial charge in [-0.25, -0.2) is 4.98 Å². The molecule has 142 valence electrons. The van der Waals surface area contributed by atoms with Crippen LogP contribution in [0, 0.1) is 0 Å². The van der Waals surface area contributed by atoms with E-state index >= 15 is 0 Å². The van der Waals surface area contributed by atoms with Gasteiger partial charge in [0.25, 0.3) is 0 Å². The van der Waals surface area contributed by atoms with Crippen LogP contribution in [0.2, 0.25) is 0 Å². The van der Waals surface area contributed by atoms with Crippen molar-refractivity contribution in [2.24, 2.45) is 0 Å². The molecule has 0 N–H and O–H groups in total. The molecule has 1 aliphatic carbocycles. The Morgan fingerprint density at radius 2 is 2.07 bits per heavy atom. The lowest BCUT2D eigenvalue weighted by Crippen LogP contribution is -2.14. The summed E-state index contributed by atoms with van der Waals surface area (Å²) < 4.78 is 13.2. The highest BCUT2D eigenvalue weighted by molar-refractivity contribution is 6.13. The number of imidazole rings is 1. The maximum absolute atomic E-state index is 12.9. The summed E-state index contributed by atoms with van der Waals surface area (Å²) in [6.45, 7) is 1.30. The molecular formula is C23H22N2O3. The molecule has 1 aliphatic rings. The second kappa shape index (κ2) is 8.13. The number of Topliss-reactive ketones (excluding diaryl/α,β-unsaturated/α-hetero) is 1. The van der Waals surface area contributed by atoms with Gasteiger partial charge in [0.05, 0.1) is 20.0 Å². The van der Waals surface area contributed by atoms with E-state index in [1.807, 2.05) is 59.3 Å². The van der Waals surface area contributed by atoms with E-state index in [4.69, 9.17) is 9.47 Å². The second-order valence-corrected chi connectivity index (χ2v) is 6.71. The topological polar surface area (TPSA) is 53.4 Å². The van der Waals surface area contributed by atoms with Gasteiger partial charge in [0, 0.05) is 29.1 Å². The van der Waals surface area contributed by atoms with Crippen LogP contribution in [0.5, 0.6) is 11.5 Å². The van der Waals surface area contributed by atoms with Gasteiger partial charge in [0.15, 0.2) is 5.78 Å². The van der Waals surface area contributed by atoms with Gasteiger partial charge in [-0.1, -0.05) is 18.2 Å². The number of carbonyl (C=O) groups is 1. The molecule has 28 heavy (non-hydrogen) atoms. The van der Waals surface area contributed by atoms with Crippen molar-refractivity contribution in [1.29, 1.82) is 0 Å². The molecule has 4 rings (SSSR count). The molecule has 1 heterocycles. The van der Waals surface area contributed by atoms with Crippen molar-refractivity contribution in [3.05, 3.63) is 83.4 Å². The number of aromatic nitrogens is 2. The number of fused-ring (bicyclic) bond motifs is 1. The molecule has 5 nitrogen and oxygen atoms in total. The van der Waals surface area contributed by atoms with Crippen LogP contribution in [0.4, 0.5) is 0 Å². The predicted molar refractivity (Wildman–Crippen MR) is 108 cm³/mol. The lowest BCUT2D eigenvalue weighted by Gasteiger charge is -2.19. The first-order valence-electron chi connectivity index (χ1n) is 9.34. The summed E-state index contributed by atoms with van der Waals surface area (Å²) in [5, 5.41) is 0. The third-order valence-corrected chi connectivity index (χ3v) is 4.92. The van der Waals surface area contributed by atoms with Crippen molar-refractivity contribution >= 4 is 11.9 Å². The summed E-state index contributed by atoms with van der Waals surface area (Å²) in [4.78, 5) is 17.0. The van der Waals surface area contributed by atoms with E-state index < -0.39 is 0 Å². The molecule has 3 aromatic rings. The largest absolute Gasteiger partial charge is 0.496 e. The minimum absolute atomic E-state index is 0.0807. The number of aryl methyl sites for hydroxylation is 1. The molecule has 0 unspecified atom stereocenters. The molecular weight excluding hydrogens is 352 g/mol. The minimum atomic E-state index is 0.0807. The van der Waals surface area contributed by atoms with Gasteiger partial charge in [0.1, 0.15) is 18.1 Å². The van der Waals surface area contributed by atoms with E-state index in [1.165, 1.54) is 0 Å². The maximum atomic E-state index is 12.9. The lowest BCUT2D eigenvalue weighted by molar-refractivity contribution is 0.102. The average molecular weight is 374 g/mol. The van der Waals surface area contributed by atoms with Crippen LogP contribution >= 0.6 is 0 Å².